The van der Waals surface area contributed by atoms with E-state index in [1.54, 1.807) is 0 Å². The summed E-state index contributed by atoms with van der Waals surface area (Å²) in [6.45, 7) is 1.52. The summed E-state index contributed by atoms with van der Waals surface area (Å²) in [7, 11) is 1.42. The lowest BCUT2D eigenvalue weighted by molar-refractivity contribution is -0.146. The van der Waals surface area contributed by atoms with Gasteiger partial charge in [0, 0.05) is 6.54 Å². The van der Waals surface area contributed by atoms with Crippen molar-refractivity contribution in [2.75, 3.05) is 26.8 Å². The van der Waals surface area contributed by atoms with Gasteiger partial charge in [-0.15, -0.1) is 0 Å². The van der Waals surface area contributed by atoms with E-state index < -0.39 is 0 Å². The van der Waals surface area contributed by atoms with Crippen LogP contribution in [-0.4, -0.2) is 32.8 Å². The Balaban J connectivity index is 2.02. The average molecular weight is 274 g/mol. The Labute approximate surface area is 118 Å². The van der Waals surface area contributed by atoms with Crippen molar-refractivity contribution in [3.63, 3.8) is 0 Å². The number of hydrogen-bond donors (Lipinski definition) is 1. The summed E-state index contributed by atoms with van der Waals surface area (Å²) in [6, 6.07) is 9.60. The molecular weight excluding hydrogens is 256 g/mol. The third-order valence-electron chi connectivity index (χ3n) is 3.54. The van der Waals surface area contributed by atoms with E-state index in [0.29, 0.717) is 12.3 Å². The number of hydrogen-bond acceptors (Lipinski definition) is 5. The molecule has 0 aromatic heterocycles. The van der Waals surface area contributed by atoms with Crippen LogP contribution in [0.4, 0.5) is 0 Å². The molecule has 0 spiro atoms. The van der Waals surface area contributed by atoms with Crippen LogP contribution in [0.1, 0.15) is 5.56 Å². The van der Waals surface area contributed by atoms with E-state index in [1.807, 2.05) is 30.3 Å². The molecule has 2 rings (SSSR count). The third kappa shape index (κ3) is 3.49. The number of esters is 1. The Kier molecular flexibility index (Phi) is 4.97. The first kappa shape index (κ1) is 14.4. The van der Waals surface area contributed by atoms with Crippen LogP contribution < -0.4 is 10.1 Å². The van der Waals surface area contributed by atoms with Gasteiger partial charge in [0.25, 0.3) is 0 Å². The monoisotopic (exact) mass is 274 g/mol. The van der Waals surface area contributed by atoms with Crippen LogP contribution in [0.15, 0.2) is 24.3 Å². The molecule has 1 aromatic rings. The van der Waals surface area contributed by atoms with Gasteiger partial charge < -0.3 is 14.8 Å². The summed E-state index contributed by atoms with van der Waals surface area (Å²) in [5, 5.41) is 11.7. The lowest BCUT2D eigenvalue weighted by Gasteiger charge is -2.16. The number of carbonyl (C=O) groups is 1. The van der Waals surface area contributed by atoms with Gasteiger partial charge in [0.2, 0.25) is 0 Å². The molecule has 0 saturated carbocycles. The molecular formula is C15H18N2O3. The number of nitrogens with zero attached hydrogens (tertiary/aromatic N) is 1. The highest BCUT2D eigenvalue weighted by atomic mass is 16.5. The maximum absolute atomic E-state index is 11.7. The second-order valence-electron chi connectivity index (χ2n) is 4.85. The van der Waals surface area contributed by atoms with Gasteiger partial charge in [-0.3, -0.25) is 4.79 Å². The quantitative estimate of drug-likeness (QED) is 0.815. The van der Waals surface area contributed by atoms with Gasteiger partial charge in [0.1, 0.15) is 11.8 Å². The topological polar surface area (TPSA) is 71.3 Å². The summed E-state index contributed by atoms with van der Waals surface area (Å²) >= 11 is 0. The highest BCUT2D eigenvalue weighted by Crippen LogP contribution is 2.24. The summed E-state index contributed by atoms with van der Waals surface area (Å²) < 4.78 is 10.1. The third-order valence-corrected chi connectivity index (χ3v) is 3.54. The standard InChI is InChI=1S/C15H18N2O3/c1-19-15(18)14-10-17-9-12(14)7-11-3-2-4-13(8-11)20-6-5-16/h2-4,8,12,14,17H,6-7,9-10H2,1H3/t12-,14+/m1/s1. The number of carbonyl (C=O) groups excluding carboxylic acids is 1. The van der Waals surface area contributed by atoms with E-state index in [-0.39, 0.29) is 24.4 Å². The van der Waals surface area contributed by atoms with E-state index in [1.165, 1.54) is 7.11 Å². The molecule has 20 heavy (non-hydrogen) atoms. The van der Waals surface area contributed by atoms with Crippen molar-refractivity contribution < 1.29 is 14.3 Å². The predicted octanol–water partition coefficient (Wildman–Crippen LogP) is 1.14. The van der Waals surface area contributed by atoms with Crippen molar-refractivity contribution in [3.8, 4) is 11.8 Å². The second-order valence-corrected chi connectivity index (χ2v) is 4.85. The largest absolute Gasteiger partial charge is 0.479 e. The van der Waals surface area contributed by atoms with Gasteiger partial charge in [-0.05, 0) is 36.6 Å². The molecule has 0 amide bonds. The molecule has 1 aliphatic rings. The van der Waals surface area contributed by atoms with Gasteiger partial charge in [-0.25, -0.2) is 0 Å². The fourth-order valence-corrected chi connectivity index (χ4v) is 2.56. The first-order chi connectivity index (χ1) is 9.74. The zero-order chi connectivity index (χ0) is 14.4. The van der Waals surface area contributed by atoms with Crippen LogP contribution in [0, 0.1) is 23.2 Å². The first-order valence-corrected chi connectivity index (χ1v) is 6.62. The smallest absolute Gasteiger partial charge is 0.310 e. The van der Waals surface area contributed by atoms with Gasteiger partial charge in [0.05, 0.1) is 13.0 Å². The average Bonchev–Trinajstić information content (AvgIpc) is 2.93. The lowest BCUT2D eigenvalue weighted by atomic mass is 9.89. The van der Waals surface area contributed by atoms with E-state index in [4.69, 9.17) is 14.7 Å². The van der Waals surface area contributed by atoms with E-state index in [0.717, 1.165) is 18.5 Å². The Hall–Kier alpha value is -2.06. The van der Waals surface area contributed by atoms with Gasteiger partial charge in [0.15, 0.2) is 6.61 Å². The number of benzene rings is 1. The number of methoxy groups -OCH3 is 1. The fraction of sp³-hybridized carbons (Fsp3) is 0.467. The Morgan fingerprint density at radius 3 is 3.10 bits per heavy atom. The minimum Gasteiger partial charge on any atom is -0.479 e. The minimum absolute atomic E-state index is 0.0409. The number of ether oxygens (including phenoxy) is 2. The maximum atomic E-state index is 11.7. The van der Waals surface area contributed by atoms with Crippen molar-refractivity contribution in [2.24, 2.45) is 11.8 Å². The van der Waals surface area contributed by atoms with Crippen LogP contribution >= 0.6 is 0 Å². The molecule has 0 bridgehead atoms. The van der Waals surface area contributed by atoms with E-state index in [9.17, 15) is 4.79 Å². The highest BCUT2D eigenvalue weighted by molar-refractivity contribution is 5.73. The molecule has 1 N–H and O–H groups in total. The van der Waals surface area contributed by atoms with Crippen LogP contribution in [0.25, 0.3) is 0 Å². The van der Waals surface area contributed by atoms with Crippen LogP contribution in [-0.2, 0) is 16.0 Å². The molecule has 1 aromatic carbocycles. The van der Waals surface area contributed by atoms with Crippen LogP contribution in [0.3, 0.4) is 0 Å². The zero-order valence-corrected chi connectivity index (χ0v) is 11.5. The summed E-state index contributed by atoms with van der Waals surface area (Å²) in [4.78, 5) is 11.7. The van der Waals surface area contributed by atoms with Gasteiger partial charge in [-0.2, -0.15) is 5.26 Å². The molecule has 106 valence electrons. The van der Waals surface area contributed by atoms with Crippen LogP contribution in [0.5, 0.6) is 5.75 Å². The molecule has 1 saturated heterocycles. The van der Waals surface area contributed by atoms with Crippen molar-refractivity contribution in [1.82, 2.24) is 5.32 Å². The summed E-state index contributed by atoms with van der Waals surface area (Å²) in [5.74, 6) is 0.666. The summed E-state index contributed by atoms with van der Waals surface area (Å²) in [6.07, 6.45) is 0.788. The zero-order valence-electron chi connectivity index (χ0n) is 11.5. The Morgan fingerprint density at radius 2 is 2.35 bits per heavy atom. The normalized spacial score (nSPS) is 21.2. The second kappa shape index (κ2) is 6.92. The predicted molar refractivity (Wildman–Crippen MR) is 73.1 cm³/mol. The van der Waals surface area contributed by atoms with Crippen molar-refractivity contribution in [3.05, 3.63) is 29.8 Å². The SMILES string of the molecule is COC(=O)[C@H]1CNC[C@H]1Cc1cccc(OCC#N)c1. The molecule has 5 heteroatoms. The Bertz CT molecular complexity index is 510. The molecule has 2 atom stereocenters. The van der Waals surface area contributed by atoms with Crippen LogP contribution in [0.2, 0.25) is 0 Å². The molecule has 0 radical (unpaired) electrons. The minimum atomic E-state index is -0.156. The Morgan fingerprint density at radius 1 is 1.50 bits per heavy atom. The number of nitriles is 1. The molecule has 1 aliphatic heterocycles. The van der Waals surface area contributed by atoms with Gasteiger partial charge in [-0.1, -0.05) is 12.1 Å². The van der Waals surface area contributed by atoms with Crippen molar-refractivity contribution in [2.45, 2.75) is 6.42 Å². The van der Waals surface area contributed by atoms with E-state index >= 15 is 0 Å². The molecule has 1 heterocycles. The molecule has 0 unspecified atom stereocenters. The number of rotatable bonds is 5. The van der Waals surface area contributed by atoms with Crippen molar-refractivity contribution >= 4 is 5.97 Å². The molecule has 1 fully saturated rings. The lowest BCUT2D eigenvalue weighted by Crippen LogP contribution is -2.25. The fourth-order valence-electron chi connectivity index (χ4n) is 2.56. The van der Waals surface area contributed by atoms with E-state index in [2.05, 4.69) is 5.32 Å². The van der Waals surface area contributed by atoms with Crippen molar-refractivity contribution in [1.29, 1.82) is 5.26 Å². The highest BCUT2D eigenvalue weighted by Gasteiger charge is 2.33. The van der Waals surface area contributed by atoms with Gasteiger partial charge >= 0.3 is 5.97 Å². The number of nitrogens with one attached hydrogen (secondary N) is 1. The molecule has 0 aliphatic carbocycles. The molecule has 5 nitrogen and oxygen atoms in total. The summed E-state index contributed by atoms with van der Waals surface area (Å²) in [5.41, 5.74) is 1.10. The first-order valence-electron chi connectivity index (χ1n) is 6.62. The maximum Gasteiger partial charge on any atom is 0.310 e.